The summed E-state index contributed by atoms with van der Waals surface area (Å²) in [7, 11) is 0. The number of hydrogen-bond acceptors (Lipinski definition) is 7. The van der Waals surface area contributed by atoms with E-state index in [0.29, 0.717) is 0 Å². The van der Waals surface area contributed by atoms with Gasteiger partial charge in [-0.05, 0) is 40.7 Å². The lowest BCUT2D eigenvalue weighted by atomic mass is 9.88. The van der Waals surface area contributed by atoms with E-state index >= 15 is 0 Å². The number of fused-ring (bicyclic) bond motifs is 1. The first-order valence-electron chi connectivity index (χ1n) is 8.61. The van der Waals surface area contributed by atoms with E-state index in [9.17, 15) is 0 Å². The van der Waals surface area contributed by atoms with Gasteiger partial charge in [0.15, 0.2) is 29.6 Å². The van der Waals surface area contributed by atoms with Crippen molar-refractivity contribution in [1.82, 2.24) is 0 Å². The van der Waals surface area contributed by atoms with Crippen LogP contribution < -0.4 is 0 Å². The lowest BCUT2D eigenvalue weighted by molar-refractivity contribution is -0.239. The Morgan fingerprint density at radius 1 is 1.07 bits per heavy atom. The van der Waals surface area contributed by atoms with E-state index in [4.69, 9.17) is 68.6 Å². The fraction of sp³-hybridized carbons (Fsp3) is 0.824. The molecule has 3 heterocycles. The van der Waals surface area contributed by atoms with Gasteiger partial charge in [-0.3, -0.25) is 5.41 Å². The molecule has 0 aliphatic carbocycles. The molecule has 10 heteroatoms. The van der Waals surface area contributed by atoms with Crippen LogP contribution in [-0.4, -0.2) is 58.1 Å². The third-order valence-electron chi connectivity index (χ3n) is 4.56. The molecule has 3 fully saturated rings. The minimum absolute atomic E-state index is 0.268. The molecule has 1 N–H and O–H groups in total. The molecule has 0 radical (unpaired) electrons. The minimum Gasteiger partial charge on any atom is -0.461 e. The predicted octanol–water partition coefficient (Wildman–Crippen LogP) is 3.69. The predicted molar refractivity (Wildman–Crippen MR) is 100 cm³/mol. The maximum Gasteiger partial charge on any atom is 0.265 e. The topological polar surface area (TPSA) is 79.2 Å². The summed E-state index contributed by atoms with van der Waals surface area (Å²) in [5.74, 6) is -2.23. The molecule has 0 bridgehead atoms. The second-order valence-corrected chi connectivity index (χ2v) is 9.91. The Morgan fingerprint density at radius 3 is 2.26 bits per heavy atom. The van der Waals surface area contributed by atoms with E-state index in [1.165, 1.54) is 0 Å². The van der Waals surface area contributed by atoms with Crippen molar-refractivity contribution in [3.63, 3.8) is 0 Å². The van der Waals surface area contributed by atoms with Gasteiger partial charge in [-0.1, -0.05) is 40.9 Å². The van der Waals surface area contributed by atoms with Crippen molar-refractivity contribution in [1.29, 1.82) is 5.41 Å². The third-order valence-corrected chi connectivity index (χ3v) is 5.07. The Bertz CT molecular complexity index is 635. The minimum atomic E-state index is -2.04. The van der Waals surface area contributed by atoms with Crippen molar-refractivity contribution in [3.8, 4) is 0 Å². The summed E-state index contributed by atoms with van der Waals surface area (Å²) >= 11 is 17.6. The molecular formula is C17H24Cl3NO6. The first kappa shape index (κ1) is 21.6. The number of nitrogens with one attached hydrogen (secondary N) is 1. The lowest BCUT2D eigenvalue weighted by Gasteiger charge is -2.38. The Labute approximate surface area is 173 Å². The van der Waals surface area contributed by atoms with Crippen LogP contribution >= 0.6 is 34.8 Å². The summed E-state index contributed by atoms with van der Waals surface area (Å²) in [5, 5.41) is 8.12. The molecule has 3 aliphatic rings. The molecule has 0 unspecified atom stereocenters. The van der Waals surface area contributed by atoms with Crippen LogP contribution in [0.3, 0.4) is 0 Å². The summed E-state index contributed by atoms with van der Waals surface area (Å²) in [5.41, 5.74) is -1.30. The maximum atomic E-state index is 8.12. The SMILES string of the molecule is C/C=C/[C@]1(OC(=N)C(Cl)(Cl)Cl)[C@@H]([C@H]2COC(C)(C)O2)O[C@@H]2OC(C)(C)O[C@@H]21. The summed E-state index contributed by atoms with van der Waals surface area (Å²) in [6.45, 7) is 9.22. The number of ether oxygens (including phenoxy) is 6. The first-order valence-corrected chi connectivity index (χ1v) is 9.74. The molecule has 5 atom stereocenters. The highest BCUT2D eigenvalue weighted by molar-refractivity contribution is 6.76. The molecule has 0 spiro atoms. The van der Waals surface area contributed by atoms with Gasteiger partial charge in [0.25, 0.3) is 3.79 Å². The van der Waals surface area contributed by atoms with Gasteiger partial charge in [-0.25, -0.2) is 0 Å². The highest BCUT2D eigenvalue weighted by Gasteiger charge is 2.68. The van der Waals surface area contributed by atoms with Gasteiger partial charge in [-0.15, -0.1) is 0 Å². The quantitative estimate of drug-likeness (QED) is 0.309. The number of hydrogen-bond donors (Lipinski definition) is 1. The van der Waals surface area contributed by atoms with Crippen LogP contribution in [0.5, 0.6) is 0 Å². The number of halogens is 3. The second-order valence-electron chi connectivity index (χ2n) is 7.63. The molecule has 0 amide bonds. The van der Waals surface area contributed by atoms with Crippen molar-refractivity contribution in [2.75, 3.05) is 6.61 Å². The lowest BCUT2D eigenvalue weighted by Crippen LogP contribution is -2.56. The van der Waals surface area contributed by atoms with Gasteiger partial charge >= 0.3 is 0 Å². The first-order chi connectivity index (χ1) is 12.3. The zero-order chi connectivity index (χ0) is 20.3. The Kier molecular flexibility index (Phi) is 5.59. The van der Waals surface area contributed by atoms with Crippen molar-refractivity contribution in [2.24, 2.45) is 0 Å². The highest BCUT2D eigenvalue weighted by Crippen LogP contribution is 2.49. The van der Waals surface area contributed by atoms with E-state index in [2.05, 4.69) is 0 Å². The highest BCUT2D eigenvalue weighted by atomic mass is 35.6. The van der Waals surface area contributed by atoms with Gasteiger partial charge in [0.2, 0.25) is 5.90 Å². The Morgan fingerprint density at radius 2 is 1.74 bits per heavy atom. The molecule has 3 saturated heterocycles. The Balaban J connectivity index is 2.00. The average Bonchev–Trinajstić information content (AvgIpc) is 3.09. The summed E-state index contributed by atoms with van der Waals surface area (Å²) in [6.07, 6.45) is 0.840. The van der Waals surface area contributed by atoms with Crippen LogP contribution in [0.2, 0.25) is 0 Å². The van der Waals surface area contributed by atoms with E-state index in [1.54, 1.807) is 39.8 Å². The molecule has 27 heavy (non-hydrogen) atoms. The van der Waals surface area contributed by atoms with Crippen molar-refractivity contribution < 1.29 is 28.4 Å². The van der Waals surface area contributed by atoms with Gasteiger partial charge < -0.3 is 28.4 Å². The molecule has 3 aliphatic heterocycles. The zero-order valence-corrected chi connectivity index (χ0v) is 18.0. The average molecular weight is 445 g/mol. The zero-order valence-electron chi connectivity index (χ0n) is 15.8. The van der Waals surface area contributed by atoms with Gasteiger partial charge in [0.05, 0.1) is 6.61 Å². The normalized spacial score (nSPS) is 40.4. The molecular weight excluding hydrogens is 421 g/mol. The molecule has 0 aromatic carbocycles. The summed E-state index contributed by atoms with van der Waals surface area (Å²) < 4.78 is 33.6. The number of alkyl halides is 3. The van der Waals surface area contributed by atoms with Crippen molar-refractivity contribution >= 4 is 40.7 Å². The molecule has 0 saturated carbocycles. The Hall–Kier alpha value is -0.120. The molecule has 0 aromatic rings. The molecule has 0 aromatic heterocycles. The van der Waals surface area contributed by atoms with E-state index in [-0.39, 0.29) is 6.61 Å². The van der Waals surface area contributed by atoms with Gasteiger partial charge in [-0.2, -0.15) is 0 Å². The van der Waals surface area contributed by atoms with Crippen LogP contribution in [0.1, 0.15) is 34.6 Å². The molecule has 154 valence electrons. The third kappa shape index (κ3) is 4.12. The number of rotatable bonds is 3. The van der Waals surface area contributed by atoms with Gasteiger partial charge in [0.1, 0.15) is 12.2 Å². The van der Waals surface area contributed by atoms with E-state index in [1.807, 2.05) is 6.92 Å². The largest absolute Gasteiger partial charge is 0.461 e. The summed E-state index contributed by atoms with van der Waals surface area (Å²) in [6, 6.07) is 0. The monoisotopic (exact) mass is 443 g/mol. The smallest absolute Gasteiger partial charge is 0.265 e. The fourth-order valence-corrected chi connectivity index (χ4v) is 3.74. The standard InChI is InChI=1S/C17H24Cl3NO6/c1-6-7-16(27-13(21)17(18,19)20)10(9-8-22-14(2,3)24-9)23-12-11(16)25-15(4,5)26-12/h6-7,9-12,21H,8H2,1-5H3/b7-6+,21-13?/t9-,10-,11+,12-,16+/m1/s1. The number of allylic oxidation sites excluding steroid dienone is 1. The fourth-order valence-electron chi connectivity index (χ4n) is 3.63. The van der Waals surface area contributed by atoms with Crippen LogP contribution in [0.25, 0.3) is 0 Å². The molecule has 7 nitrogen and oxygen atoms in total. The second kappa shape index (κ2) is 6.99. The van der Waals surface area contributed by atoms with Gasteiger partial charge in [0, 0.05) is 0 Å². The van der Waals surface area contributed by atoms with Crippen LogP contribution in [0.15, 0.2) is 12.2 Å². The summed E-state index contributed by atoms with van der Waals surface area (Å²) in [4.78, 5) is 0. The van der Waals surface area contributed by atoms with E-state index in [0.717, 1.165) is 0 Å². The maximum absolute atomic E-state index is 8.12. The molecule has 3 rings (SSSR count). The van der Waals surface area contributed by atoms with Crippen LogP contribution in [0, 0.1) is 5.41 Å². The van der Waals surface area contributed by atoms with Crippen LogP contribution in [-0.2, 0) is 28.4 Å². The van der Waals surface area contributed by atoms with Crippen molar-refractivity contribution in [2.45, 2.75) is 80.2 Å². The van der Waals surface area contributed by atoms with Crippen LogP contribution in [0.4, 0.5) is 0 Å². The van der Waals surface area contributed by atoms with Crippen molar-refractivity contribution in [3.05, 3.63) is 12.2 Å². The van der Waals surface area contributed by atoms with E-state index < -0.39 is 51.5 Å².